The van der Waals surface area contributed by atoms with E-state index < -0.39 is 23.8 Å². The molecule has 0 spiro atoms. The molecule has 1 unspecified atom stereocenters. The van der Waals surface area contributed by atoms with Gasteiger partial charge in [0.25, 0.3) is 0 Å². The number of carbonyl (C=O) groups excluding carboxylic acids is 2. The first-order chi connectivity index (χ1) is 16.3. The van der Waals surface area contributed by atoms with E-state index in [2.05, 4.69) is 48.8 Å². The molecule has 2 aromatic carbocycles. The minimum Gasteiger partial charge on any atom is -0.479 e. The summed E-state index contributed by atoms with van der Waals surface area (Å²) in [7, 11) is 1.34. The number of halogens is 1. The fourth-order valence-electron chi connectivity index (χ4n) is 3.75. The van der Waals surface area contributed by atoms with Gasteiger partial charge in [0, 0.05) is 17.1 Å². The minimum atomic E-state index is -0.729. The predicted molar refractivity (Wildman–Crippen MR) is 143 cm³/mol. The molecule has 1 heterocycles. The summed E-state index contributed by atoms with van der Waals surface area (Å²) in [5.74, 6) is 0.0840. The van der Waals surface area contributed by atoms with Gasteiger partial charge in [0.15, 0.2) is 6.10 Å². The van der Waals surface area contributed by atoms with E-state index in [4.69, 9.17) is 14.2 Å². The van der Waals surface area contributed by atoms with Crippen LogP contribution in [0.15, 0.2) is 48.5 Å². The van der Waals surface area contributed by atoms with Gasteiger partial charge in [-0.1, -0.05) is 54.9 Å². The lowest BCUT2D eigenvalue weighted by atomic mass is 9.86. The van der Waals surface area contributed by atoms with E-state index in [0.29, 0.717) is 23.0 Å². The summed E-state index contributed by atoms with van der Waals surface area (Å²) in [6.45, 7) is 12.0. The Hall–Kier alpha value is -2.80. The number of ether oxygens (including phenoxy) is 3. The van der Waals surface area contributed by atoms with Crippen LogP contribution in [0.3, 0.4) is 0 Å². The van der Waals surface area contributed by atoms with Crippen LogP contribution in [0.1, 0.15) is 53.5 Å². The first kappa shape index (κ1) is 26.8. The number of alkyl halides is 1. The zero-order chi connectivity index (χ0) is 26.0. The minimum absolute atomic E-state index is 0.0435. The summed E-state index contributed by atoms with van der Waals surface area (Å²) in [4.78, 5) is 25.4. The number of nitrogens with zero attached hydrogens (tertiary/aromatic N) is 1. The molecule has 0 N–H and O–H groups in total. The van der Waals surface area contributed by atoms with Crippen molar-refractivity contribution >= 4 is 38.9 Å². The molecule has 0 amide bonds. The topological polar surface area (TPSA) is 66.8 Å². The quantitative estimate of drug-likeness (QED) is 0.245. The number of aromatic nitrogens is 1. The van der Waals surface area contributed by atoms with E-state index >= 15 is 0 Å². The summed E-state index contributed by atoms with van der Waals surface area (Å²) in [5, 5.41) is 1.39. The van der Waals surface area contributed by atoms with Gasteiger partial charge in [-0.25, -0.2) is 14.2 Å². The van der Waals surface area contributed by atoms with E-state index in [1.165, 1.54) is 7.11 Å². The Bertz CT molecular complexity index is 1220. The molecule has 6 nitrogen and oxygen atoms in total. The van der Waals surface area contributed by atoms with Crippen LogP contribution in [0.2, 0.25) is 0 Å². The Morgan fingerprint density at radius 1 is 1.00 bits per heavy atom. The van der Waals surface area contributed by atoms with Gasteiger partial charge in [0.05, 0.1) is 18.3 Å². The molecule has 0 radical (unpaired) electrons. The fraction of sp³-hybridized carbons (Fsp3) is 0.429. The van der Waals surface area contributed by atoms with Crippen molar-refractivity contribution < 1.29 is 23.8 Å². The van der Waals surface area contributed by atoms with Crippen molar-refractivity contribution in [2.45, 2.75) is 65.1 Å². The third-order valence-corrected chi connectivity index (χ3v) is 5.95. The molecular formula is C28H34BrNO5. The van der Waals surface area contributed by atoms with Crippen LogP contribution < -0.4 is 4.74 Å². The molecule has 3 rings (SSSR count). The molecule has 0 saturated heterocycles. The van der Waals surface area contributed by atoms with Gasteiger partial charge in [0.1, 0.15) is 11.4 Å². The number of rotatable bonds is 6. The van der Waals surface area contributed by atoms with Crippen LogP contribution in [0.4, 0.5) is 4.79 Å². The van der Waals surface area contributed by atoms with Crippen molar-refractivity contribution in [2.24, 2.45) is 0 Å². The number of hydrogen-bond donors (Lipinski definition) is 0. The van der Waals surface area contributed by atoms with Gasteiger partial charge < -0.3 is 14.2 Å². The third kappa shape index (κ3) is 6.45. The van der Waals surface area contributed by atoms with E-state index in [9.17, 15) is 9.59 Å². The van der Waals surface area contributed by atoms with E-state index in [-0.39, 0.29) is 5.41 Å². The van der Waals surface area contributed by atoms with Crippen LogP contribution in [0.25, 0.3) is 22.2 Å². The summed E-state index contributed by atoms with van der Waals surface area (Å²) >= 11 is 3.36. The second kappa shape index (κ2) is 10.4. The average Bonchev–Trinajstić information content (AvgIpc) is 3.15. The second-order valence-electron chi connectivity index (χ2n) is 10.5. The number of fused-ring (bicyclic) bond motifs is 1. The Kier molecular flexibility index (Phi) is 8.00. The highest BCUT2D eigenvalue weighted by molar-refractivity contribution is 9.09. The normalized spacial score (nSPS) is 12.9. The number of esters is 1. The maximum Gasteiger partial charge on any atom is 0.419 e. The van der Waals surface area contributed by atoms with Gasteiger partial charge in [0.2, 0.25) is 0 Å². The van der Waals surface area contributed by atoms with Crippen molar-refractivity contribution in [1.29, 1.82) is 0 Å². The SMILES string of the molecule is COC(=O)C(CCBr)Oc1ccc2c(c1)cc(-c1cccc(C(C)(C)C)c1)n2C(=O)OC(C)(C)C. The lowest BCUT2D eigenvalue weighted by Crippen LogP contribution is -2.29. The molecule has 1 aromatic heterocycles. The molecule has 188 valence electrons. The Balaban J connectivity index is 2.14. The summed E-state index contributed by atoms with van der Waals surface area (Å²) in [5.41, 5.74) is 2.80. The molecule has 0 aliphatic heterocycles. The molecular weight excluding hydrogens is 510 g/mol. The lowest BCUT2D eigenvalue weighted by Gasteiger charge is -2.22. The van der Waals surface area contributed by atoms with E-state index in [0.717, 1.165) is 22.2 Å². The van der Waals surface area contributed by atoms with Gasteiger partial charge in [-0.05, 0) is 67.6 Å². The molecule has 35 heavy (non-hydrogen) atoms. The lowest BCUT2D eigenvalue weighted by molar-refractivity contribution is -0.148. The van der Waals surface area contributed by atoms with Crippen molar-refractivity contribution in [3.05, 3.63) is 54.1 Å². The first-order valence-electron chi connectivity index (χ1n) is 11.6. The van der Waals surface area contributed by atoms with Crippen LogP contribution in [-0.2, 0) is 19.7 Å². The number of methoxy groups -OCH3 is 1. The Labute approximate surface area is 215 Å². The fourth-order valence-corrected chi connectivity index (χ4v) is 4.16. The molecule has 7 heteroatoms. The van der Waals surface area contributed by atoms with Crippen molar-refractivity contribution in [3.63, 3.8) is 0 Å². The van der Waals surface area contributed by atoms with Crippen LogP contribution in [0.5, 0.6) is 5.75 Å². The highest BCUT2D eigenvalue weighted by Gasteiger charge is 2.25. The van der Waals surface area contributed by atoms with Crippen molar-refractivity contribution in [2.75, 3.05) is 12.4 Å². The molecule has 0 bridgehead atoms. The average molecular weight is 544 g/mol. The molecule has 3 aromatic rings. The monoisotopic (exact) mass is 543 g/mol. The summed E-state index contributed by atoms with van der Waals surface area (Å²) < 4.78 is 18.2. The van der Waals surface area contributed by atoms with Crippen LogP contribution >= 0.6 is 15.9 Å². The summed E-state index contributed by atoms with van der Waals surface area (Å²) in [6.07, 6.45) is -0.717. The highest BCUT2D eigenvalue weighted by Crippen LogP contribution is 2.34. The highest BCUT2D eigenvalue weighted by atomic mass is 79.9. The number of carbonyl (C=O) groups is 2. The predicted octanol–water partition coefficient (Wildman–Crippen LogP) is 7.09. The van der Waals surface area contributed by atoms with Gasteiger partial charge >= 0.3 is 12.1 Å². The number of hydrogen-bond acceptors (Lipinski definition) is 5. The third-order valence-electron chi connectivity index (χ3n) is 5.49. The smallest absolute Gasteiger partial charge is 0.419 e. The van der Waals surface area contributed by atoms with Crippen molar-refractivity contribution in [3.8, 4) is 17.0 Å². The van der Waals surface area contributed by atoms with Crippen LogP contribution in [0, 0.1) is 0 Å². The second-order valence-corrected chi connectivity index (χ2v) is 11.3. The maximum absolute atomic E-state index is 13.3. The van der Waals surface area contributed by atoms with Crippen molar-refractivity contribution in [1.82, 2.24) is 4.57 Å². The standard InChI is InChI=1S/C28H34BrNO5/c1-27(2,3)20-10-8-9-18(15-20)23-17-19-16-21(34-24(13-14-29)25(31)33-7)11-12-22(19)30(23)26(32)35-28(4,5)6/h8-12,15-17,24H,13-14H2,1-7H3. The van der Waals surface area contributed by atoms with Gasteiger partial charge in [-0.2, -0.15) is 0 Å². The zero-order valence-electron chi connectivity index (χ0n) is 21.5. The molecule has 0 fully saturated rings. The maximum atomic E-state index is 13.3. The number of benzene rings is 2. The largest absolute Gasteiger partial charge is 0.479 e. The van der Waals surface area contributed by atoms with E-state index in [1.54, 1.807) is 10.6 Å². The van der Waals surface area contributed by atoms with Gasteiger partial charge in [-0.3, -0.25) is 0 Å². The zero-order valence-corrected chi connectivity index (χ0v) is 23.1. The molecule has 0 saturated carbocycles. The van der Waals surface area contributed by atoms with Gasteiger partial charge in [-0.15, -0.1) is 0 Å². The summed E-state index contributed by atoms with van der Waals surface area (Å²) in [6, 6.07) is 15.5. The van der Waals surface area contributed by atoms with Crippen LogP contribution in [-0.4, -0.2) is 40.8 Å². The molecule has 0 aliphatic rings. The Morgan fingerprint density at radius 2 is 1.71 bits per heavy atom. The molecule has 0 aliphatic carbocycles. The van der Waals surface area contributed by atoms with E-state index in [1.807, 2.05) is 51.1 Å². The molecule has 1 atom stereocenters. The first-order valence-corrected chi connectivity index (χ1v) is 12.8. The Morgan fingerprint density at radius 3 is 2.31 bits per heavy atom.